The maximum Gasteiger partial charge on any atom is 0.246 e. The van der Waals surface area contributed by atoms with Gasteiger partial charge in [-0.05, 0) is 19.3 Å². The first kappa shape index (κ1) is 17.9. The highest BCUT2D eigenvalue weighted by atomic mass is 16.5. The first-order chi connectivity index (χ1) is 8.87. The number of terminal acetylenes is 1. The normalized spacial score (nSPS) is 13.9. The summed E-state index contributed by atoms with van der Waals surface area (Å²) in [6.07, 6.45) is 6.53. The largest absolute Gasteiger partial charge is 0.371 e. The summed E-state index contributed by atoms with van der Waals surface area (Å²) in [5.41, 5.74) is 5.25. The predicted molar refractivity (Wildman–Crippen MR) is 75.3 cm³/mol. The van der Waals surface area contributed by atoms with E-state index in [9.17, 15) is 4.79 Å². The van der Waals surface area contributed by atoms with E-state index in [1.165, 1.54) is 0 Å². The van der Waals surface area contributed by atoms with Gasteiger partial charge in [0.1, 0.15) is 12.3 Å². The molecule has 0 aliphatic rings. The van der Waals surface area contributed by atoms with E-state index < -0.39 is 5.72 Å². The number of rotatable bonds is 10. The fourth-order valence-electron chi connectivity index (χ4n) is 1.24. The number of nitrogens with one attached hydrogen (secondary N) is 1. The van der Waals surface area contributed by atoms with E-state index in [1.807, 2.05) is 6.92 Å². The predicted octanol–water partition coefficient (Wildman–Crippen LogP) is 0.880. The van der Waals surface area contributed by atoms with Crippen molar-refractivity contribution in [2.75, 3.05) is 26.4 Å². The van der Waals surface area contributed by atoms with Crippen LogP contribution in [0.4, 0.5) is 0 Å². The van der Waals surface area contributed by atoms with Gasteiger partial charge in [-0.3, -0.25) is 4.79 Å². The minimum atomic E-state index is -0.718. The smallest absolute Gasteiger partial charge is 0.246 e. The average molecular weight is 270 g/mol. The van der Waals surface area contributed by atoms with Crippen molar-refractivity contribution >= 4 is 5.91 Å². The zero-order valence-corrected chi connectivity index (χ0v) is 12.2. The summed E-state index contributed by atoms with van der Waals surface area (Å²) < 4.78 is 10.8. The van der Waals surface area contributed by atoms with Crippen LogP contribution in [0.5, 0.6) is 0 Å². The molecule has 0 aromatic carbocycles. The molecule has 19 heavy (non-hydrogen) atoms. The van der Waals surface area contributed by atoms with Gasteiger partial charge in [0, 0.05) is 13.0 Å². The van der Waals surface area contributed by atoms with Gasteiger partial charge in [0.2, 0.25) is 5.91 Å². The lowest BCUT2D eigenvalue weighted by molar-refractivity contribution is -0.126. The van der Waals surface area contributed by atoms with E-state index in [0.717, 1.165) is 6.42 Å². The molecule has 0 rings (SSSR count). The molecule has 0 saturated heterocycles. The summed E-state index contributed by atoms with van der Waals surface area (Å²) in [5, 5.41) is 2.51. The second-order valence-electron chi connectivity index (χ2n) is 5.13. The molecule has 1 unspecified atom stereocenters. The van der Waals surface area contributed by atoms with Crippen LogP contribution in [0.2, 0.25) is 0 Å². The first-order valence-electron chi connectivity index (χ1n) is 6.58. The highest BCUT2D eigenvalue weighted by Gasteiger charge is 2.18. The zero-order chi connectivity index (χ0) is 14.7. The molecular weight excluding hydrogens is 244 g/mol. The van der Waals surface area contributed by atoms with E-state index in [0.29, 0.717) is 25.6 Å². The van der Waals surface area contributed by atoms with E-state index in [1.54, 1.807) is 0 Å². The zero-order valence-electron chi connectivity index (χ0n) is 12.2. The topological polar surface area (TPSA) is 73.6 Å². The lowest BCUT2D eigenvalue weighted by atomic mass is 10.1. The van der Waals surface area contributed by atoms with Crippen LogP contribution in [0.15, 0.2) is 0 Å². The van der Waals surface area contributed by atoms with E-state index in [4.69, 9.17) is 21.6 Å². The molecule has 5 nitrogen and oxygen atoms in total. The second kappa shape index (κ2) is 9.79. The molecule has 0 aromatic heterocycles. The molecule has 0 aliphatic carbocycles. The van der Waals surface area contributed by atoms with Crippen molar-refractivity contribution in [3.8, 4) is 12.3 Å². The SMILES string of the molecule is C#CCNC(=O)COCCC(C)(N)OCCC(C)C. The third kappa shape index (κ3) is 11.7. The van der Waals surface area contributed by atoms with Gasteiger partial charge in [-0.15, -0.1) is 6.42 Å². The van der Waals surface area contributed by atoms with Crippen LogP contribution in [0.25, 0.3) is 0 Å². The van der Waals surface area contributed by atoms with Gasteiger partial charge < -0.3 is 20.5 Å². The Morgan fingerprint density at radius 3 is 2.74 bits per heavy atom. The Morgan fingerprint density at radius 1 is 1.47 bits per heavy atom. The van der Waals surface area contributed by atoms with Crippen LogP contribution in [0, 0.1) is 18.3 Å². The molecule has 0 radical (unpaired) electrons. The fourth-order valence-corrected chi connectivity index (χ4v) is 1.24. The molecule has 1 amide bonds. The van der Waals surface area contributed by atoms with Gasteiger partial charge in [0.25, 0.3) is 0 Å². The minimum Gasteiger partial charge on any atom is -0.371 e. The van der Waals surface area contributed by atoms with Gasteiger partial charge in [0.15, 0.2) is 0 Å². The van der Waals surface area contributed by atoms with E-state index >= 15 is 0 Å². The summed E-state index contributed by atoms with van der Waals surface area (Å²) in [5.74, 6) is 2.68. The molecule has 0 saturated carbocycles. The molecule has 0 bridgehead atoms. The number of carbonyl (C=O) groups excluding carboxylic acids is 1. The number of nitrogens with two attached hydrogens (primary N) is 1. The third-order valence-corrected chi connectivity index (χ3v) is 2.49. The Balaban J connectivity index is 3.63. The second-order valence-corrected chi connectivity index (χ2v) is 5.13. The Hall–Kier alpha value is -1.09. The molecule has 0 aliphatic heterocycles. The first-order valence-corrected chi connectivity index (χ1v) is 6.58. The van der Waals surface area contributed by atoms with E-state index in [2.05, 4.69) is 25.1 Å². The number of amides is 1. The van der Waals surface area contributed by atoms with Crippen molar-refractivity contribution < 1.29 is 14.3 Å². The molecule has 0 aromatic rings. The van der Waals surface area contributed by atoms with Crippen molar-refractivity contribution in [1.82, 2.24) is 5.32 Å². The Morgan fingerprint density at radius 2 is 2.16 bits per heavy atom. The molecule has 0 spiro atoms. The summed E-state index contributed by atoms with van der Waals surface area (Å²) >= 11 is 0. The van der Waals surface area contributed by atoms with Gasteiger partial charge in [-0.2, -0.15) is 0 Å². The molecule has 1 atom stereocenters. The maximum atomic E-state index is 11.2. The van der Waals surface area contributed by atoms with Crippen LogP contribution >= 0.6 is 0 Å². The van der Waals surface area contributed by atoms with Crippen LogP contribution in [-0.2, 0) is 14.3 Å². The highest BCUT2D eigenvalue weighted by molar-refractivity contribution is 5.77. The summed E-state index contributed by atoms with van der Waals surface area (Å²) in [7, 11) is 0. The lowest BCUT2D eigenvalue weighted by Gasteiger charge is -2.25. The third-order valence-electron chi connectivity index (χ3n) is 2.49. The average Bonchev–Trinajstić information content (AvgIpc) is 2.31. The molecule has 3 N–H and O–H groups in total. The van der Waals surface area contributed by atoms with Crippen molar-refractivity contribution in [3.63, 3.8) is 0 Å². The summed E-state index contributed by atoms with van der Waals surface area (Å²) in [6, 6.07) is 0. The van der Waals surface area contributed by atoms with Crippen molar-refractivity contribution in [2.45, 2.75) is 39.3 Å². The lowest BCUT2D eigenvalue weighted by Crippen LogP contribution is -2.41. The van der Waals surface area contributed by atoms with Crippen LogP contribution in [0.3, 0.4) is 0 Å². The standard InChI is InChI=1S/C14H26N2O3/c1-5-8-16-13(17)11-18-10-7-14(4,15)19-9-6-12(2)3/h1,12H,6-11,15H2,2-4H3,(H,16,17). The monoisotopic (exact) mass is 270 g/mol. The van der Waals surface area contributed by atoms with Crippen LogP contribution in [0.1, 0.15) is 33.6 Å². The molecule has 110 valence electrons. The summed E-state index contributed by atoms with van der Waals surface area (Å²) in [4.78, 5) is 11.2. The molecule has 0 fully saturated rings. The minimum absolute atomic E-state index is 0.0102. The molecule has 5 heteroatoms. The van der Waals surface area contributed by atoms with E-state index in [-0.39, 0.29) is 19.1 Å². The summed E-state index contributed by atoms with van der Waals surface area (Å²) in [6.45, 7) is 7.30. The Labute approximate surface area is 116 Å². The van der Waals surface area contributed by atoms with Crippen LogP contribution in [-0.4, -0.2) is 38.0 Å². The van der Waals surface area contributed by atoms with Gasteiger partial charge in [-0.25, -0.2) is 0 Å². The Bertz CT molecular complexity index is 296. The van der Waals surface area contributed by atoms with Crippen molar-refractivity contribution in [1.29, 1.82) is 0 Å². The van der Waals surface area contributed by atoms with Gasteiger partial charge in [0.05, 0.1) is 13.2 Å². The molecular formula is C14H26N2O3. The number of hydrogen-bond acceptors (Lipinski definition) is 4. The van der Waals surface area contributed by atoms with Crippen LogP contribution < -0.4 is 11.1 Å². The molecule has 0 heterocycles. The fraction of sp³-hybridized carbons (Fsp3) is 0.786. The quantitative estimate of drug-likeness (QED) is 0.351. The number of hydrogen-bond donors (Lipinski definition) is 2. The number of ether oxygens (including phenoxy) is 2. The van der Waals surface area contributed by atoms with Crippen molar-refractivity contribution in [2.24, 2.45) is 11.7 Å². The maximum absolute atomic E-state index is 11.2. The van der Waals surface area contributed by atoms with Gasteiger partial charge >= 0.3 is 0 Å². The number of carbonyl (C=O) groups is 1. The van der Waals surface area contributed by atoms with Crippen molar-refractivity contribution in [3.05, 3.63) is 0 Å². The Kier molecular flexibility index (Phi) is 9.23. The highest BCUT2D eigenvalue weighted by Crippen LogP contribution is 2.10. The van der Waals surface area contributed by atoms with Gasteiger partial charge in [-0.1, -0.05) is 19.8 Å².